The maximum absolute atomic E-state index is 12.6. The topological polar surface area (TPSA) is 47.3 Å². The molecule has 0 fully saturated rings. The van der Waals surface area contributed by atoms with E-state index in [9.17, 15) is 18.0 Å². The standard InChI is InChI=1S/C15H10F3N3O/c1-9(22)13-12-3-2-8-19-21(12)20-14(13)10-4-6-11(7-5-10)15(16,17)18/h2-8H,1H3. The molecule has 0 spiro atoms. The van der Waals surface area contributed by atoms with Gasteiger partial charge in [-0.25, -0.2) is 0 Å². The second-order valence-electron chi connectivity index (χ2n) is 4.75. The van der Waals surface area contributed by atoms with Crippen LogP contribution < -0.4 is 0 Å². The lowest BCUT2D eigenvalue weighted by molar-refractivity contribution is -0.137. The van der Waals surface area contributed by atoms with E-state index < -0.39 is 11.7 Å². The number of Topliss-reactive ketones (excluding diaryl/α,β-unsaturated/α-hetero) is 1. The molecule has 0 atom stereocenters. The van der Waals surface area contributed by atoms with Crippen molar-refractivity contribution < 1.29 is 18.0 Å². The molecule has 0 saturated heterocycles. The number of hydrogen-bond acceptors (Lipinski definition) is 3. The van der Waals surface area contributed by atoms with Gasteiger partial charge in [0.2, 0.25) is 0 Å². The van der Waals surface area contributed by atoms with E-state index in [1.807, 2.05) is 0 Å². The lowest BCUT2D eigenvalue weighted by Gasteiger charge is -2.07. The molecule has 0 aliphatic heterocycles. The third-order valence-electron chi connectivity index (χ3n) is 3.26. The number of carbonyl (C=O) groups excluding carboxylic acids is 1. The van der Waals surface area contributed by atoms with Crippen molar-refractivity contribution in [2.24, 2.45) is 0 Å². The first-order valence-corrected chi connectivity index (χ1v) is 6.40. The Morgan fingerprint density at radius 3 is 2.41 bits per heavy atom. The third-order valence-corrected chi connectivity index (χ3v) is 3.26. The molecule has 4 nitrogen and oxygen atoms in total. The van der Waals surface area contributed by atoms with Gasteiger partial charge in [0, 0.05) is 11.8 Å². The van der Waals surface area contributed by atoms with Gasteiger partial charge in [-0.15, -0.1) is 5.10 Å². The number of nitrogens with zero attached hydrogens (tertiary/aromatic N) is 3. The maximum atomic E-state index is 12.6. The summed E-state index contributed by atoms with van der Waals surface area (Å²) in [4.78, 5) is 11.9. The molecule has 0 aliphatic carbocycles. The van der Waals surface area contributed by atoms with Crippen molar-refractivity contribution in [2.75, 3.05) is 0 Å². The highest BCUT2D eigenvalue weighted by molar-refractivity contribution is 6.06. The van der Waals surface area contributed by atoms with Gasteiger partial charge in [0.15, 0.2) is 5.78 Å². The number of halogens is 3. The number of carbonyl (C=O) groups is 1. The van der Waals surface area contributed by atoms with Gasteiger partial charge in [0.25, 0.3) is 0 Å². The van der Waals surface area contributed by atoms with Crippen LogP contribution in [0.1, 0.15) is 22.8 Å². The highest BCUT2D eigenvalue weighted by Crippen LogP contribution is 2.32. The molecule has 0 aliphatic rings. The summed E-state index contributed by atoms with van der Waals surface area (Å²) >= 11 is 0. The van der Waals surface area contributed by atoms with Crippen LogP contribution in [-0.2, 0) is 6.18 Å². The van der Waals surface area contributed by atoms with E-state index in [1.165, 1.54) is 29.9 Å². The largest absolute Gasteiger partial charge is 0.416 e. The van der Waals surface area contributed by atoms with E-state index in [4.69, 9.17) is 0 Å². The SMILES string of the molecule is CC(=O)c1c(-c2ccc(C(F)(F)F)cc2)nn2ncccc12. The summed E-state index contributed by atoms with van der Waals surface area (Å²) in [6.07, 6.45) is -2.89. The Kier molecular flexibility index (Phi) is 3.20. The summed E-state index contributed by atoms with van der Waals surface area (Å²) in [5.41, 5.74) is 0.865. The van der Waals surface area contributed by atoms with E-state index in [2.05, 4.69) is 10.2 Å². The van der Waals surface area contributed by atoms with Crippen LogP contribution in [0.25, 0.3) is 16.8 Å². The Bertz CT molecular complexity index is 851. The Balaban J connectivity index is 2.18. The summed E-state index contributed by atoms with van der Waals surface area (Å²) in [6, 6.07) is 7.89. The lowest BCUT2D eigenvalue weighted by Crippen LogP contribution is -2.04. The number of hydrogen-bond donors (Lipinski definition) is 0. The molecular formula is C15H10F3N3O. The molecule has 2 heterocycles. The molecule has 0 unspecified atom stereocenters. The molecule has 0 amide bonds. The average molecular weight is 305 g/mol. The van der Waals surface area contributed by atoms with Crippen molar-refractivity contribution in [1.29, 1.82) is 0 Å². The molecule has 112 valence electrons. The highest BCUT2D eigenvalue weighted by atomic mass is 19.4. The third kappa shape index (κ3) is 2.34. The molecule has 22 heavy (non-hydrogen) atoms. The van der Waals surface area contributed by atoms with Gasteiger partial charge in [-0.2, -0.15) is 22.9 Å². The predicted octanol–water partition coefficient (Wildman–Crippen LogP) is 3.62. The van der Waals surface area contributed by atoms with E-state index >= 15 is 0 Å². The zero-order valence-electron chi connectivity index (χ0n) is 11.4. The number of fused-ring (bicyclic) bond motifs is 1. The Hall–Kier alpha value is -2.70. The second-order valence-corrected chi connectivity index (χ2v) is 4.75. The normalized spacial score (nSPS) is 11.8. The van der Waals surface area contributed by atoms with E-state index in [0.29, 0.717) is 22.3 Å². The fraction of sp³-hybridized carbons (Fsp3) is 0.133. The van der Waals surface area contributed by atoms with Crippen LogP contribution >= 0.6 is 0 Å². The van der Waals surface area contributed by atoms with Crippen LogP contribution in [0.2, 0.25) is 0 Å². The predicted molar refractivity (Wildman–Crippen MR) is 73.4 cm³/mol. The van der Waals surface area contributed by atoms with Gasteiger partial charge in [-0.3, -0.25) is 4.79 Å². The first-order valence-electron chi connectivity index (χ1n) is 6.40. The number of alkyl halides is 3. The van der Waals surface area contributed by atoms with E-state index in [1.54, 1.807) is 12.1 Å². The second kappa shape index (κ2) is 4.94. The average Bonchev–Trinajstić information content (AvgIpc) is 2.86. The first-order chi connectivity index (χ1) is 10.4. The van der Waals surface area contributed by atoms with Crippen LogP contribution in [0.4, 0.5) is 13.2 Å². The van der Waals surface area contributed by atoms with Crippen LogP contribution in [0.5, 0.6) is 0 Å². The summed E-state index contributed by atoms with van der Waals surface area (Å²) in [7, 11) is 0. The fourth-order valence-corrected chi connectivity index (χ4v) is 2.26. The molecule has 7 heteroatoms. The quantitative estimate of drug-likeness (QED) is 0.679. The number of benzene rings is 1. The minimum Gasteiger partial charge on any atom is -0.294 e. The van der Waals surface area contributed by atoms with Gasteiger partial charge >= 0.3 is 6.18 Å². The van der Waals surface area contributed by atoms with Gasteiger partial charge in [-0.1, -0.05) is 12.1 Å². The Morgan fingerprint density at radius 1 is 1.14 bits per heavy atom. The van der Waals surface area contributed by atoms with Gasteiger partial charge < -0.3 is 0 Å². The summed E-state index contributed by atoms with van der Waals surface area (Å²) in [5.74, 6) is -0.224. The fourth-order valence-electron chi connectivity index (χ4n) is 2.26. The monoisotopic (exact) mass is 305 g/mol. The number of rotatable bonds is 2. The Labute approximate surface area is 123 Å². The van der Waals surface area contributed by atoms with Crippen molar-refractivity contribution in [3.05, 3.63) is 53.7 Å². The smallest absolute Gasteiger partial charge is 0.294 e. The van der Waals surface area contributed by atoms with Crippen molar-refractivity contribution in [1.82, 2.24) is 14.8 Å². The molecular weight excluding hydrogens is 295 g/mol. The molecule has 0 radical (unpaired) electrons. The van der Waals surface area contributed by atoms with Crippen LogP contribution in [-0.4, -0.2) is 20.6 Å². The zero-order valence-corrected chi connectivity index (χ0v) is 11.4. The van der Waals surface area contributed by atoms with E-state index in [-0.39, 0.29) is 5.78 Å². The minimum atomic E-state index is -4.40. The molecule has 1 aromatic carbocycles. The highest BCUT2D eigenvalue weighted by Gasteiger charge is 2.30. The van der Waals surface area contributed by atoms with Crippen LogP contribution in [0.15, 0.2) is 42.6 Å². The lowest BCUT2D eigenvalue weighted by atomic mass is 10.0. The molecule has 3 rings (SSSR count). The van der Waals surface area contributed by atoms with Crippen molar-refractivity contribution in [3.63, 3.8) is 0 Å². The minimum absolute atomic E-state index is 0.224. The summed E-state index contributed by atoms with van der Waals surface area (Å²) < 4.78 is 39.1. The molecule has 0 bridgehead atoms. The molecule has 0 N–H and O–H groups in total. The number of aromatic nitrogens is 3. The number of ketones is 1. The molecule has 2 aromatic heterocycles. The van der Waals surface area contributed by atoms with Crippen molar-refractivity contribution in [3.8, 4) is 11.3 Å². The van der Waals surface area contributed by atoms with Crippen molar-refractivity contribution >= 4 is 11.3 Å². The molecule has 3 aromatic rings. The summed E-state index contributed by atoms with van der Waals surface area (Å²) in [6.45, 7) is 1.39. The van der Waals surface area contributed by atoms with Crippen LogP contribution in [0, 0.1) is 0 Å². The van der Waals surface area contributed by atoms with Crippen LogP contribution in [0.3, 0.4) is 0 Å². The summed E-state index contributed by atoms with van der Waals surface area (Å²) in [5, 5.41) is 8.20. The zero-order chi connectivity index (χ0) is 15.9. The van der Waals surface area contributed by atoms with Gasteiger partial charge in [0.1, 0.15) is 5.69 Å². The van der Waals surface area contributed by atoms with Gasteiger partial charge in [-0.05, 0) is 31.2 Å². The maximum Gasteiger partial charge on any atom is 0.416 e. The Morgan fingerprint density at radius 2 is 1.82 bits per heavy atom. The first kappa shape index (κ1) is 14.2. The van der Waals surface area contributed by atoms with Gasteiger partial charge in [0.05, 0.1) is 16.6 Å². The van der Waals surface area contributed by atoms with E-state index in [0.717, 1.165) is 12.1 Å². The van der Waals surface area contributed by atoms with Crippen molar-refractivity contribution in [2.45, 2.75) is 13.1 Å². The molecule has 0 saturated carbocycles.